The van der Waals surface area contributed by atoms with Crippen LogP contribution in [-0.2, 0) is 9.53 Å². The quantitative estimate of drug-likeness (QED) is 0.479. The van der Waals surface area contributed by atoms with Crippen LogP contribution in [0.5, 0.6) is 11.5 Å². The summed E-state index contributed by atoms with van der Waals surface area (Å²) in [6.45, 7) is 2.11. The first kappa shape index (κ1) is 18.9. The average molecular weight is 413 g/mol. The number of amides is 1. The number of hydrogen-bond acceptors (Lipinski definition) is 5. The van der Waals surface area contributed by atoms with E-state index >= 15 is 0 Å². The maximum absolute atomic E-state index is 12.5. The van der Waals surface area contributed by atoms with Crippen molar-refractivity contribution in [1.82, 2.24) is 4.98 Å². The van der Waals surface area contributed by atoms with Gasteiger partial charge in [0.25, 0.3) is 0 Å². The van der Waals surface area contributed by atoms with Crippen LogP contribution >= 0.6 is 11.6 Å². The molecule has 3 aromatic rings. The van der Waals surface area contributed by atoms with Gasteiger partial charge in [-0.1, -0.05) is 17.7 Å². The van der Waals surface area contributed by atoms with Crippen molar-refractivity contribution in [3.05, 3.63) is 58.8 Å². The Kier molecular flexibility index (Phi) is 5.14. The Labute approximate surface area is 171 Å². The summed E-state index contributed by atoms with van der Waals surface area (Å²) in [5.41, 5.74) is 1.92. The number of ether oxygens (including phenoxy) is 3. The van der Waals surface area contributed by atoms with Crippen molar-refractivity contribution in [3.63, 3.8) is 0 Å². The van der Waals surface area contributed by atoms with Gasteiger partial charge in [-0.3, -0.25) is 4.79 Å². The predicted octanol–water partition coefficient (Wildman–Crippen LogP) is 4.38. The lowest BCUT2D eigenvalue weighted by molar-refractivity contribution is -0.111. The van der Waals surface area contributed by atoms with Gasteiger partial charge >= 0.3 is 5.97 Å². The fourth-order valence-electron chi connectivity index (χ4n) is 3.00. The number of nitrogens with one attached hydrogen (secondary N) is 2. The third-order valence-electron chi connectivity index (χ3n) is 4.31. The second kappa shape index (κ2) is 7.89. The number of benzene rings is 2. The minimum atomic E-state index is -0.560. The van der Waals surface area contributed by atoms with Crippen LogP contribution in [0.15, 0.2) is 42.5 Å². The topological polar surface area (TPSA) is 89.7 Å². The smallest absolute Gasteiger partial charge is 0.356 e. The number of H-pyrrole nitrogens is 1. The zero-order valence-corrected chi connectivity index (χ0v) is 16.2. The molecule has 2 aromatic carbocycles. The molecule has 0 aliphatic carbocycles. The molecule has 1 amide bonds. The number of carbonyl (C=O) groups is 2. The lowest BCUT2D eigenvalue weighted by Crippen LogP contribution is -2.13. The third-order valence-corrected chi connectivity index (χ3v) is 4.55. The van der Waals surface area contributed by atoms with E-state index in [-0.39, 0.29) is 19.1 Å². The predicted molar refractivity (Wildman–Crippen MR) is 109 cm³/mol. The molecule has 0 fully saturated rings. The summed E-state index contributed by atoms with van der Waals surface area (Å²) < 4.78 is 15.7. The Morgan fingerprint density at radius 3 is 2.86 bits per heavy atom. The summed E-state index contributed by atoms with van der Waals surface area (Å²) in [5, 5.41) is 3.85. The molecule has 1 aliphatic rings. The van der Waals surface area contributed by atoms with Gasteiger partial charge in [0, 0.05) is 22.0 Å². The van der Waals surface area contributed by atoms with E-state index in [0.717, 1.165) is 5.56 Å². The second-order valence-electron chi connectivity index (χ2n) is 6.22. The van der Waals surface area contributed by atoms with Crippen molar-refractivity contribution in [2.45, 2.75) is 6.92 Å². The number of aromatic nitrogens is 1. The second-order valence-corrected chi connectivity index (χ2v) is 6.66. The molecule has 0 atom stereocenters. The van der Waals surface area contributed by atoms with E-state index in [1.54, 1.807) is 43.3 Å². The normalized spacial score (nSPS) is 12.5. The number of carbonyl (C=O) groups excluding carboxylic acids is 2. The lowest BCUT2D eigenvalue weighted by Gasteiger charge is -2.05. The molecule has 0 unspecified atom stereocenters. The maximum atomic E-state index is 12.5. The summed E-state index contributed by atoms with van der Waals surface area (Å²) in [7, 11) is 0. The summed E-state index contributed by atoms with van der Waals surface area (Å²) in [6.07, 6.45) is 3.01. The SMILES string of the molecule is CCOC(=O)c1[nH]c2ccc(Cl)cc2c1NC(=O)/C=C/c1ccc2c(c1)OCO2. The Morgan fingerprint density at radius 2 is 2.03 bits per heavy atom. The first-order valence-electron chi connectivity index (χ1n) is 8.92. The van der Waals surface area contributed by atoms with Gasteiger partial charge in [-0.2, -0.15) is 0 Å². The van der Waals surface area contributed by atoms with E-state index in [4.69, 9.17) is 25.8 Å². The molecule has 148 valence electrons. The Balaban J connectivity index is 1.60. The van der Waals surface area contributed by atoms with Crippen LogP contribution in [-0.4, -0.2) is 30.3 Å². The van der Waals surface area contributed by atoms with E-state index in [1.807, 2.05) is 6.07 Å². The van der Waals surface area contributed by atoms with Crippen LogP contribution in [0.4, 0.5) is 5.69 Å². The van der Waals surface area contributed by atoms with Crippen molar-refractivity contribution in [2.75, 3.05) is 18.7 Å². The molecule has 29 heavy (non-hydrogen) atoms. The van der Waals surface area contributed by atoms with E-state index in [0.29, 0.717) is 33.1 Å². The summed E-state index contributed by atoms with van der Waals surface area (Å²) >= 11 is 6.09. The molecule has 4 rings (SSSR count). The molecule has 1 aromatic heterocycles. The Bertz CT molecular complexity index is 1140. The zero-order chi connectivity index (χ0) is 20.4. The van der Waals surface area contributed by atoms with Crippen LogP contribution < -0.4 is 14.8 Å². The van der Waals surface area contributed by atoms with Crippen LogP contribution in [0.2, 0.25) is 5.02 Å². The highest BCUT2D eigenvalue weighted by atomic mass is 35.5. The average Bonchev–Trinajstić information content (AvgIpc) is 3.31. The molecule has 0 spiro atoms. The van der Waals surface area contributed by atoms with Crippen LogP contribution in [0.3, 0.4) is 0 Å². The molecule has 0 saturated carbocycles. The highest BCUT2D eigenvalue weighted by Crippen LogP contribution is 2.33. The molecule has 8 heteroatoms. The molecule has 2 N–H and O–H groups in total. The van der Waals surface area contributed by atoms with Crippen molar-refractivity contribution in [3.8, 4) is 11.5 Å². The number of rotatable bonds is 5. The van der Waals surface area contributed by atoms with Crippen molar-refractivity contribution >= 4 is 46.1 Å². The van der Waals surface area contributed by atoms with Crippen LogP contribution in [0, 0.1) is 0 Å². The summed E-state index contributed by atoms with van der Waals surface area (Å²) in [4.78, 5) is 27.8. The van der Waals surface area contributed by atoms with Gasteiger partial charge in [0.1, 0.15) is 5.69 Å². The molecule has 7 nitrogen and oxygen atoms in total. The number of fused-ring (bicyclic) bond motifs is 2. The van der Waals surface area contributed by atoms with Crippen molar-refractivity contribution in [1.29, 1.82) is 0 Å². The van der Waals surface area contributed by atoms with Crippen molar-refractivity contribution in [2.24, 2.45) is 0 Å². The van der Waals surface area contributed by atoms with Gasteiger partial charge in [0.05, 0.1) is 12.3 Å². The van der Waals surface area contributed by atoms with E-state index in [2.05, 4.69) is 10.3 Å². The molecule has 0 saturated heterocycles. The van der Waals surface area contributed by atoms with Gasteiger partial charge in [0.15, 0.2) is 11.5 Å². The van der Waals surface area contributed by atoms with Gasteiger partial charge in [-0.05, 0) is 48.9 Å². The number of hydrogen-bond donors (Lipinski definition) is 2. The van der Waals surface area contributed by atoms with Gasteiger partial charge in [-0.25, -0.2) is 4.79 Å². The highest BCUT2D eigenvalue weighted by molar-refractivity contribution is 6.31. The molecule has 0 radical (unpaired) electrons. The molecular formula is C21H17ClN2O5. The monoisotopic (exact) mass is 412 g/mol. The fraction of sp³-hybridized carbons (Fsp3) is 0.143. The summed E-state index contributed by atoms with van der Waals surface area (Å²) in [6, 6.07) is 10.5. The van der Waals surface area contributed by atoms with Crippen LogP contribution in [0.1, 0.15) is 23.0 Å². The van der Waals surface area contributed by atoms with Gasteiger partial charge in [-0.15, -0.1) is 0 Å². The summed E-state index contributed by atoms with van der Waals surface area (Å²) in [5.74, 6) is 0.328. The first-order valence-corrected chi connectivity index (χ1v) is 9.30. The molecule has 2 heterocycles. The highest BCUT2D eigenvalue weighted by Gasteiger charge is 2.20. The number of aromatic amines is 1. The Morgan fingerprint density at radius 1 is 1.21 bits per heavy atom. The van der Waals surface area contributed by atoms with E-state index in [9.17, 15) is 9.59 Å². The minimum absolute atomic E-state index is 0.161. The number of anilines is 1. The molecular weight excluding hydrogens is 396 g/mol. The Hall–Kier alpha value is -3.45. The molecule has 1 aliphatic heterocycles. The van der Waals surface area contributed by atoms with Gasteiger partial charge in [0.2, 0.25) is 12.7 Å². The first-order chi connectivity index (χ1) is 14.0. The maximum Gasteiger partial charge on any atom is 0.356 e. The van der Waals surface area contributed by atoms with Crippen LogP contribution in [0.25, 0.3) is 17.0 Å². The van der Waals surface area contributed by atoms with E-state index in [1.165, 1.54) is 6.08 Å². The fourth-order valence-corrected chi connectivity index (χ4v) is 3.18. The third kappa shape index (κ3) is 3.90. The zero-order valence-electron chi connectivity index (χ0n) is 15.5. The largest absolute Gasteiger partial charge is 0.461 e. The van der Waals surface area contributed by atoms with Gasteiger partial charge < -0.3 is 24.5 Å². The number of halogens is 1. The number of esters is 1. The minimum Gasteiger partial charge on any atom is -0.461 e. The van der Waals surface area contributed by atoms with Crippen molar-refractivity contribution < 1.29 is 23.8 Å². The van der Waals surface area contributed by atoms with E-state index < -0.39 is 11.9 Å². The standard InChI is InChI=1S/C21H17ClN2O5/c1-2-27-21(26)20-19(14-10-13(22)5-6-15(14)23-20)24-18(25)8-4-12-3-7-16-17(9-12)29-11-28-16/h3-10,23H,2,11H2,1H3,(H,24,25)/b8-4+. The lowest BCUT2D eigenvalue weighted by atomic mass is 10.2. The molecule has 0 bridgehead atoms.